The van der Waals surface area contributed by atoms with E-state index in [2.05, 4.69) is 27.8 Å². The van der Waals surface area contributed by atoms with E-state index in [0.29, 0.717) is 21.1 Å². The lowest BCUT2D eigenvalue weighted by atomic mass is 10.1. The van der Waals surface area contributed by atoms with Crippen LogP contribution in [0.1, 0.15) is 15.9 Å². The molecule has 0 fully saturated rings. The lowest BCUT2D eigenvalue weighted by Gasteiger charge is -2.14. The van der Waals surface area contributed by atoms with Crippen LogP contribution in [0.15, 0.2) is 64.4 Å². The molecule has 0 aliphatic carbocycles. The first-order valence-corrected chi connectivity index (χ1v) is 8.76. The number of carbonyl (C=O) groups excluding carboxylic acids is 1. The van der Waals surface area contributed by atoms with Gasteiger partial charge in [0.05, 0.1) is 11.2 Å². The van der Waals surface area contributed by atoms with Crippen LogP contribution in [0, 0.1) is 6.92 Å². The summed E-state index contributed by atoms with van der Waals surface area (Å²) in [5.41, 5.74) is 1.22. The minimum atomic E-state index is -0.666. The summed E-state index contributed by atoms with van der Waals surface area (Å²) in [5, 5.41) is 13.7. The lowest BCUT2D eigenvalue weighted by molar-refractivity contribution is 0.102. The van der Waals surface area contributed by atoms with Crippen molar-refractivity contribution < 1.29 is 9.90 Å². The van der Waals surface area contributed by atoms with Crippen LogP contribution >= 0.6 is 15.9 Å². The zero-order valence-electron chi connectivity index (χ0n) is 14.1. The summed E-state index contributed by atoms with van der Waals surface area (Å²) in [6, 6.07) is 12.3. The maximum Gasteiger partial charge on any atom is 0.268 e. The number of nitrogens with zero attached hydrogens (tertiary/aromatic N) is 1. The summed E-state index contributed by atoms with van der Waals surface area (Å²) in [5.74, 6) is -0.993. The number of aromatic nitrogens is 1. The number of rotatable bonds is 4. The summed E-state index contributed by atoms with van der Waals surface area (Å²) in [4.78, 5) is 25.6. The van der Waals surface area contributed by atoms with Crippen molar-refractivity contribution >= 4 is 38.4 Å². The van der Waals surface area contributed by atoms with Crippen molar-refractivity contribution in [1.29, 1.82) is 0 Å². The van der Waals surface area contributed by atoms with Gasteiger partial charge in [0.2, 0.25) is 0 Å². The van der Waals surface area contributed by atoms with Crippen LogP contribution in [-0.2, 0) is 6.54 Å². The summed E-state index contributed by atoms with van der Waals surface area (Å²) < 4.78 is 2.11. The van der Waals surface area contributed by atoms with Gasteiger partial charge in [-0.15, -0.1) is 6.58 Å². The molecule has 0 saturated heterocycles. The van der Waals surface area contributed by atoms with E-state index in [4.69, 9.17) is 0 Å². The molecule has 1 heterocycles. The Bertz CT molecular complexity index is 1090. The third-order valence-corrected chi connectivity index (χ3v) is 4.71. The SMILES string of the molecule is C=CCn1c(=O)c(C(=O)Nc2ccc(C)cc2Br)c(O)c2ccccc21. The number of hydrogen-bond acceptors (Lipinski definition) is 3. The number of pyridine rings is 1. The molecule has 0 radical (unpaired) electrons. The molecular weight excluding hydrogens is 396 g/mol. The van der Waals surface area contributed by atoms with Crippen molar-refractivity contribution in [3.63, 3.8) is 0 Å². The molecule has 0 aliphatic heterocycles. The van der Waals surface area contributed by atoms with Crippen molar-refractivity contribution in [2.45, 2.75) is 13.5 Å². The number of hydrogen-bond donors (Lipinski definition) is 2. The summed E-state index contributed by atoms with van der Waals surface area (Å²) in [6.07, 6.45) is 1.57. The van der Waals surface area contributed by atoms with E-state index in [-0.39, 0.29) is 17.9 Å². The number of allylic oxidation sites excluding steroid dienone is 1. The van der Waals surface area contributed by atoms with Gasteiger partial charge in [0, 0.05) is 16.4 Å². The fourth-order valence-corrected chi connectivity index (χ4v) is 3.40. The highest BCUT2D eigenvalue weighted by atomic mass is 79.9. The Morgan fingerprint density at radius 3 is 2.73 bits per heavy atom. The molecule has 0 aliphatic rings. The zero-order chi connectivity index (χ0) is 18.8. The number of fused-ring (bicyclic) bond motifs is 1. The number of amides is 1. The van der Waals surface area contributed by atoms with E-state index >= 15 is 0 Å². The highest BCUT2D eigenvalue weighted by Crippen LogP contribution is 2.28. The number of halogens is 1. The largest absolute Gasteiger partial charge is 0.506 e. The first-order valence-electron chi connectivity index (χ1n) is 7.97. The van der Waals surface area contributed by atoms with Crippen LogP contribution < -0.4 is 10.9 Å². The molecule has 132 valence electrons. The van der Waals surface area contributed by atoms with Gasteiger partial charge in [-0.25, -0.2) is 0 Å². The average Bonchev–Trinajstić information content (AvgIpc) is 2.61. The van der Waals surface area contributed by atoms with Gasteiger partial charge in [-0.2, -0.15) is 0 Å². The molecule has 5 nitrogen and oxygen atoms in total. The molecule has 3 rings (SSSR count). The Morgan fingerprint density at radius 1 is 1.31 bits per heavy atom. The number of aromatic hydroxyl groups is 1. The molecule has 1 aromatic heterocycles. The fraction of sp³-hybridized carbons (Fsp3) is 0.100. The van der Waals surface area contributed by atoms with Gasteiger partial charge in [-0.3, -0.25) is 9.59 Å². The van der Waals surface area contributed by atoms with Crippen LogP contribution in [0.3, 0.4) is 0 Å². The first-order chi connectivity index (χ1) is 12.4. The highest BCUT2D eigenvalue weighted by Gasteiger charge is 2.22. The molecule has 0 saturated carbocycles. The minimum Gasteiger partial charge on any atom is -0.506 e. The van der Waals surface area contributed by atoms with Crippen molar-refractivity contribution in [2.75, 3.05) is 5.32 Å². The predicted octanol–water partition coefficient (Wildman–Crippen LogP) is 4.22. The van der Waals surface area contributed by atoms with Crippen molar-refractivity contribution in [1.82, 2.24) is 4.57 Å². The molecule has 2 aromatic carbocycles. The number of carbonyl (C=O) groups is 1. The zero-order valence-corrected chi connectivity index (χ0v) is 15.7. The van der Waals surface area contributed by atoms with Gasteiger partial charge in [0.25, 0.3) is 11.5 Å². The fourth-order valence-electron chi connectivity index (χ4n) is 2.81. The monoisotopic (exact) mass is 412 g/mol. The molecule has 6 heteroatoms. The van der Waals surface area contributed by atoms with Crippen LogP contribution in [-0.4, -0.2) is 15.6 Å². The van der Waals surface area contributed by atoms with Crippen molar-refractivity contribution in [2.24, 2.45) is 0 Å². The number of benzene rings is 2. The predicted molar refractivity (Wildman–Crippen MR) is 107 cm³/mol. The molecule has 3 aromatic rings. The number of aryl methyl sites for hydroxylation is 1. The topological polar surface area (TPSA) is 71.3 Å². The maximum atomic E-state index is 12.8. The Kier molecular flexibility index (Phi) is 4.95. The van der Waals surface area contributed by atoms with Gasteiger partial charge < -0.3 is 15.0 Å². The minimum absolute atomic E-state index is 0.230. The Labute approximate surface area is 158 Å². The second kappa shape index (κ2) is 7.17. The number of anilines is 1. The molecule has 0 unspecified atom stereocenters. The van der Waals surface area contributed by atoms with Gasteiger partial charge in [0.1, 0.15) is 11.3 Å². The van der Waals surface area contributed by atoms with Crippen LogP contribution in [0.5, 0.6) is 5.75 Å². The molecule has 2 N–H and O–H groups in total. The van der Waals surface area contributed by atoms with Gasteiger partial charge in [-0.1, -0.05) is 24.3 Å². The van der Waals surface area contributed by atoms with E-state index in [1.165, 1.54) is 4.57 Å². The van der Waals surface area contributed by atoms with Gasteiger partial charge in [-0.05, 0) is 52.7 Å². The Morgan fingerprint density at radius 2 is 2.04 bits per heavy atom. The number of para-hydroxylation sites is 1. The second-order valence-electron chi connectivity index (χ2n) is 5.88. The first kappa shape index (κ1) is 17.9. The third-order valence-electron chi connectivity index (χ3n) is 4.06. The lowest BCUT2D eigenvalue weighted by Crippen LogP contribution is -2.29. The Balaban J connectivity index is 2.16. The van der Waals surface area contributed by atoms with E-state index in [1.807, 2.05) is 19.1 Å². The smallest absolute Gasteiger partial charge is 0.268 e. The second-order valence-corrected chi connectivity index (χ2v) is 6.74. The van der Waals surface area contributed by atoms with E-state index < -0.39 is 11.5 Å². The van der Waals surface area contributed by atoms with Crippen LogP contribution in [0.4, 0.5) is 5.69 Å². The van der Waals surface area contributed by atoms with Crippen molar-refractivity contribution in [3.05, 3.63) is 81.1 Å². The Hall–Kier alpha value is -2.86. The molecule has 0 atom stereocenters. The van der Waals surface area contributed by atoms with E-state index in [1.54, 1.807) is 36.4 Å². The highest BCUT2D eigenvalue weighted by molar-refractivity contribution is 9.10. The summed E-state index contributed by atoms with van der Waals surface area (Å²) in [6.45, 7) is 5.82. The summed E-state index contributed by atoms with van der Waals surface area (Å²) >= 11 is 3.39. The third kappa shape index (κ3) is 3.15. The van der Waals surface area contributed by atoms with Gasteiger partial charge >= 0.3 is 0 Å². The van der Waals surface area contributed by atoms with Gasteiger partial charge in [0.15, 0.2) is 0 Å². The van der Waals surface area contributed by atoms with Crippen LogP contribution in [0.2, 0.25) is 0 Å². The molecule has 0 bridgehead atoms. The maximum absolute atomic E-state index is 12.8. The van der Waals surface area contributed by atoms with E-state index in [0.717, 1.165) is 5.56 Å². The normalized spacial score (nSPS) is 10.7. The molecule has 26 heavy (non-hydrogen) atoms. The summed E-state index contributed by atoms with van der Waals surface area (Å²) in [7, 11) is 0. The van der Waals surface area contributed by atoms with Crippen molar-refractivity contribution in [3.8, 4) is 5.75 Å². The molecule has 0 spiro atoms. The standard InChI is InChI=1S/C20H17BrN2O3/c1-3-10-23-16-7-5-4-6-13(16)18(24)17(20(23)26)19(25)22-15-9-8-12(2)11-14(15)21/h3-9,11,24H,1,10H2,2H3,(H,22,25). The van der Waals surface area contributed by atoms with E-state index in [9.17, 15) is 14.7 Å². The van der Waals surface area contributed by atoms with Crippen LogP contribution in [0.25, 0.3) is 10.9 Å². The average molecular weight is 413 g/mol. The quantitative estimate of drug-likeness (QED) is 0.630. The molecular formula is C20H17BrN2O3. The number of nitrogens with one attached hydrogen (secondary N) is 1. The molecule has 1 amide bonds.